The van der Waals surface area contributed by atoms with Crippen LogP contribution in [0.3, 0.4) is 0 Å². The number of nitrogens with one attached hydrogen (secondary N) is 1. The fraction of sp³-hybridized carbons (Fsp3) is 0.923. The molecule has 0 heterocycles. The molecule has 0 saturated heterocycles. The number of hydrogen-bond donors (Lipinski definition) is 2. The quantitative estimate of drug-likeness (QED) is 0.652. The molecule has 2 N–H and O–H groups in total. The second kappa shape index (κ2) is 7.71. The molecule has 0 radical (unpaired) electrons. The number of rotatable bonds is 9. The summed E-state index contributed by atoms with van der Waals surface area (Å²) in [6.45, 7) is 9.07. The Balaban J connectivity index is 4.59. The molecule has 0 fully saturated rings. The fourth-order valence-corrected chi connectivity index (χ4v) is 2.15. The molecule has 5 heteroatoms. The van der Waals surface area contributed by atoms with Crippen LogP contribution in [0.4, 0.5) is 0 Å². The zero-order chi connectivity index (χ0) is 14.3. The number of carboxylic acid groups (broad SMARTS) is 1. The molecule has 0 aromatic heterocycles. The van der Waals surface area contributed by atoms with E-state index in [1.54, 1.807) is 14.0 Å². The van der Waals surface area contributed by atoms with Gasteiger partial charge in [0.15, 0.2) is 0 Å². The lowest BCUT2D eigenvalue weighted by atomic mass is 9.92. The van der Waals surface area contributed by atoms with Gasteiger partial charge >= 0.3 is 5.97 Å². The van der Waals surface area contributed by atoms with Gasteiger partial charge in [0.1, 0.15) is 5.54 Å². The number of carbonyl (C=O) groups is 1. The molecule has 18 heavy (non-hydrogen) atoms. The molecule has 0 amide bonds. The molecule has 5 nitrogen and oxygen atoms in total. The summed E-state index contributed by atoms with van der Waals surface area (Å²) in [7, 11) is 3.68. The number of likely N-dealkylation sites (N-methyl/N-ethyl adjacent to an activating group) is 2. The molecular formula is C13H28N2O3. The third kappa shape index (κ3) is 4.92. The van der Waals surface area contributed by atoms with Gasteiger partial charge < -0.3 is 15.2 Å². The lowest BCUT2D eigenvalue weighted by molar-refractivity contribution is -0.145. The van der Waals surface area contributed by atoms with Crippen molar-refractivity contribution in [2.45, 2.75) is 51.7 Å². The van der Waals surface area contributed by atoms with E-state index in [1.807, 2.05) is 20.9 Å². The molecular weight excluding hydrogens is 232 g/mol. The predicted octanol–water partition coefficient (Wildman–Crippen LogP) is 1.18. The summed E-state index contributed by atoms with van der Waals surface area (Å²) in [6, 6.07) is 0.431. The minimum Gasteiger partial charge on any atom is -0.480 e. The summed E-state index contributed by atoms with van der Waals surface area (Å²) in [5.41, 5.74) is -0.880. The van der Waals surface area contributed by atoms with Crippen LogP contribution in [0.1, 0.15) is 34.1 Å². The topological polar surface area (TPSA) is 61.8 Å². The van der Waals surface area contributed by atoms with Crippen LogP contribution in [0.5, 0.6) is 0 Å². The Labute approximate surface area is 110 Å². The molecule has 108 valence electrons. The van der Waals surface area contributed by atoms with E-state index in [1.165, 1.54) is 0 Å². The number of ether oxygens (including phenoxy) is 1. The van der Waals surface area contributed by atoms with Gasteiger partial charge in [-0.2, -0.15) is 0 Å². The van der Waals surface area contributed by atoms with Gasteiger partial charge in [0.05, 0.1) is 6.61 Å². The smallest absolute Gasteiger partial charge is 0.323 e. The average molecular weight is 260 g/mol. The molecule has 0 aliphatic rings. The standard InChI is InChI=1S/C13H28N2O3/c1-7-14-13(4,12(16)17)8-10(2)15(5)11(3)9-18-6/h10-11,14H,7-9H2,1-6H3,(H,16,17). The number of aliphatic carboxylic acids is 1. The van der Waals surface area contributed by atoms with Crippen molar-refractivity contribution in [3.63, 3.8) is 0 Å². The van der Waals surface area contributed by atoms with Gasteiger partial charge in [-0.25, -0.2) is 0 Å². The summed E-state index contributed by atoms with van der Waals surface area (Å²) in [5, 5.41) is 12.4. The minimum absolute atomic E-state index is 0.162. The highest BCUT2D eigenvalue weighted by Crippen LogP contribution is 2.17. The fourth-order valence-electron chi connectivity index (χ4n) is 2.15. The third-order valence-electron chi connectivity index (χ3n) is 3.54. The summed E-state index contributed by atoms with van der Waals surface area (Å²) < 4.78 is 5.13. The maximum absolute atomic E-state index is 11.4. The van der Waals surface area contributed by atoms with Crippen LogP contribution in [0.25, 0.3) is 0 Å². The van der Waals surface area contributed by atoms with Crippen molar-refractivity contribution in [1.82, 2.24) is 10.2 Å². The zero-order valence-corrected chi connectivity index (χ0v) is 12.5. The Kier molecular flexibility index (Phi) is 7.43. The Bertz CT molecular complexity index is 261. The van der Waals surface area contributed by atoms with Gasteiger partial charge in [-0.1, -0.05) is 6.92 Å². The van der Waals surface area contributed by atoms with Crippen LogP contribution < -0.4 is 5.32 Å². The SMILES string of the molecule is CCNC(C)(CC(C)N(C)C(C)COC)C(=O)O. The number of methoxy groups -OCH3 is 1. The van der Waals surface area contributed by atoms with Crippen molar-refractivity contribution in [2.75, 3.05) is 27.3 Å². The second-order valence-corrected chi connectivity index (χ2v) is 5.19. The first-order chi connectivity index (χ1) is 8.28. The largest absolute Gasteiger partial charge is 0.480 e. The molecule has 0 aromatic rings. The Morgan fingerprint density at radius 3 is 2.39 bits per heavy atom. The Morgan fingerprint density at radius 2 is 2.00 bits per heavy atom. The summed E-state index contributed by atoms with van der Waals surface area (Å²) in [6.07, 6.45) is 0.556. The van der Waals surface area contributed by atoms with Crippen LogP contribution in [-0.4, -0.2) is 60.9 Å². The van der Waals surface area contributed by atoms with Gasteiger partial charge in [-0.15, -0.1) is 0 Å². The van der Waals surface area contributed by atoms with Crippen molar-refractivity contribution in [2.24, 2.45) is 0 Å². The van der Waals surface area contributed by atoms with Gasteiger partial charge in [0, 0.05) is 19.2 Å². The van der Waals surface area contributed by atoms with Gasteiger partial charge in [0.2, 0.25) is 0 Å². The van der Waals surface area contributed by atoms with Crippen molar-refractivity contribution in [1.29, 1.82) is 0 Å². The normalized spacial score (nSPS) is 18.4. The van der Waals surface area contributed by atoms with Gasteiger partial charge in [-0.3, -0.25) is 9.69 Å². The average Bonchev–Trinajstić information content (AvgIpc) is 2.28. The van der Waals surface area contributed by atoms with Crippen molar-refractivity contribution >= 4 is 5.97 Å². The minimum atomic E-state index is -0.880. The number of hydrogen-bond acceptors (Lipinski definition) is 4. The maximum atomic E-state index is 11.4. The van der Waals surface area contributed by atoms with Crippen LogP contribution in [-0.2, 0) is 9.53 Å². The van der Waals surface area contributed by atoms with E-state index in [0.29, 0.717) is 19.6 Å². The van der Waals surface area contributed by atoms with E-state index in [0.717, 1.165) is 0 Å². The lowest BCUT2D eigenvalue weighted by Crippen LogP contribution is -2.54. The molecule has 0 saturated carbocycles. The first-order valence-corrected chi connectivity index (χ1v) is 6.47. The van der Waals surface area contributed by atoms with E-state index >= 15 is 0 Å². The highest BCUT2D eigenvalue weighted by Gasteiger charge is 2.35. The third-order valence-corrected chi connectivity index (χ3v) is 3.54. The lowest BCUT2D eigenvalue weighted by Gasteiger charge is -2.36. The molecule has 0 rings (SSSR count). The maximum Gasteiger partial charge on any atom is 0.323 e. The first kappa shape index (κ1) is 17.4. The first-order valence-electron chi connectivity index (χ1n) is 6.47. The predicted molar refractivity (Wildman–Crippen MR) is 72.9 cm³/mol. The Hall–Kier alpha value is -0.650. The van der Waals surface area contributed by atoms with E-state index in [2.05, 4.69) is 17.1 Å². The molecule has 3 unspecified atom stereocenters. The number of carboxylic acids is 1. The van der Waals surface area contributed by atoms with E-state index in [9.17, 15) is 9.90 Å². The molecule has 0 aromatic carbocycles. The molecule has 3 atom stereocenters. The zero-order valence-electron chi connectivity index (χ0n) is 12.5. The highest BCUT2D eigenvalue weighted by molar-refractivity contribution is 5.78. The monoisotopic (exact) mass is 260 g/mol. The second-order valence-electron chi connectivity index (χ2n) is 5.19. The highest BCUT2D eigenvalue weighted by atomic mass is 16.5. The van der Waals surface area contributed by atoms with Crippen LogP contribution in [0.2, 0.25) is 0 Å². The van der Waals surface area contributed by atoms with Crippen LogP contribution >= 0.6 is 0 Å². The van der Waals surface area contributed by atoms with E-state index < -0.39 is 11.5 Å². The van der Waals surface area contributed by atoms with E-state index in [4.69, 9.17) is 4.74 Å². The van der Waals surface area contributed by atoms with Crippen molar-refractivity contribution in [3.05, 3.63) is 0 Å². The van der Waals surface area contributed by atoms with Crippen LogP contribution in [0, 0.1) is 0 Å². The van der Waals surface area contributed by atoms with Crippen molar-refractivity contribution in [3.8, 4) is 0 Å². The summed E-state index contributed by atoms with van der Waals surface area (Å²) >= 11 is 0. The molecule has 0 aliphatic heterocycles. The van der Waals surface area contributed by atoms with Gasteiger partial charge in [0.25, 0.3) is 0 Å². The van der Waals surface area contributed by atoms with Crippen molar-refractivity contribution < 1.29 is 14.6 Å². The van der Waals surface area contributed by atoms with Crippen LogP contribution in [0.15, 0.2) is 0 Å². The summed E-state index contributed by atoms with van der Waals surface area (Å²) in [4.78, 5) is 13.5. The van der Waals surface area contributed by atoms with E-state index in [-0.39, 0.29) is 12.1 Å². The molecule has 0 spiro atoms. The Morgan fingerprint density at radius 1 is 1.44 bits per heavy atom. The van der Waals surface area contributed by atoms with Gasteiger partial charge in [-0.05, 0) is 40.8 Å². The molecule has 0 bridgehead atoms. The molecule has 0 aliphatic carbocycles. The number of nitrogens with zero attached hydrogens (tertiary/aromatic N) is 1. The summed E-state index contributed by atoms with van der Waals surface area (Å²) in [5.74, 6) is -0.802.